The van der Waals surface area contributed by atoms with Gasteiger partial charge in [-0.1, -0.05) is 95.9 Å². The average molecular weight is 390 g/mol. The summed E-state index contributed by atoms with van der Waals surface area (Å²) in [7, 11) is 0. The van der Waals surface area contributed by atoms with Crippen molar-refractivity contribution in [2.45, 2.75) is 17.0 Å². The highest BCUT2D eigenvalue weighted by atomic mass is 32.2. The average Bonchev–Trinajstić information content (AvgIpc) is 3.17. The first-order valence-corrected chi connectivity index (χ1v) is 10.5. The number of hydrogen-bond acceptors (Lipinski definition) is 5. The zero-order chi connectivity index (χ0) is 18.5. The van der Waals surface area contributed by atoms with Gasteiger partial charge in [0.1, 0.15) is 0 Å². The van der Waals surface area contributed by atoms with E-state index < -0.39 is 0 Å². The Kier molecular flexibility index (Phi) is 5.51. The Balaban J connectivity index is 1.37. The summed E-state index contributed by atoms with van der Waals surface area (Å²) in [4.78, 5) is 0. The van der Waals surface area contributed by atoms with Crippen LogP contribution in [0.5, 0.6) is 0 Å². The molecule has 1 aromatic heterocycles. The molecule has 0 saturated heterocycles. The molecule has 0 amide bonds. The summed E-state index contributed by atoms with van der Waals surface area (Å²) >= 11 is 3.30. The van der Waals surface area contributed by atoms with Crippen LogP contribution >= 0.6 is 23.1 Å². The van der Waals surface area contributed by atoms with Crippen LogP contribution in [0.1, 0.15) is 11.1 Å². The molecule has 0 saturated carbocycles. The molecule has 0 atom stereocenters. The Morgan fingerprint density at radius 3 is 2.30 bits per heavy atom. The highest BCUT2D eigenvalue weighted by molar-refractivity contribution is 8.00. The molecule has 3 aromatic carbocycles. The molecule has 0 bridgehead atoms. The van der Waals surface area contributed by atoms with Gasteiger partial charge in [0.05, 0.1) is 0 Å². The Morgan fingerprint density at radius 2 is 1.52 bits per heavy atom. The van der Waals surface area contributed by atoms with Crippen molar-refractivity contribution >= 4 is 33.9 Å². The SMILES string of the molecule is Cc1ccccc1Nc1nnc(SCc2ccc(-c3ccccc3)cc2)s1. The van der Waals surface area contributed by atoms with Crippen LogP contribution in [0, 0.1) is 6.92 Å². The normalized spacial score (nSPS) is 10.7. The third-order valence-electron chi connectivity index (χ3n) is 4.22. The molecule has 0 aliphatic rings. The summed E-state index contributed by atoms with van der Waals surface area (Å²) in [5.74, 6) is 0.883. The quantitative estimate of drug-likeness (QED) is 0.379. The first kappa shape index (κ1) is 17.8. The van der Waals surface area contributed by atoms with Crippen LogP contribution in [-0.4, -0.2) is 10.2 Å². The van der Waals surface area contributed by atoms with Crippen molar-refractivity contribution in [1.82, 2.24) is 10.2 Å². The first-order valence-electron chi connectivity index (χ1n) is 8.71. The Morgan fingerprint density at radius 1 is 0.815 bits per heavy atom. The van der Waals surface area contributed by atoms with Crippen LogP contribution in [0.25, 0.3) is 11.1 Å². The van der Waals surface area contributed by atoms with E-state index in [1.807, 2.05) is 18.2 Å². The lowest BCUT2D eigenvalue weighted by atomic mass is 10.0. The maximum Gasteiger partial charge on any atom is 0.210 e. The van der Waals surface area contributed by atoms with Gasteiger partial charge in [0.15, 0.2) is 4.34 Å². The van der Waals surface area contributed by atoms with E-state index in [2.05, 4.69) is 83.1 Å². The molecule has 1 heterocycles. The molecular weight excluding hydrogens is 370 g/mol. The number of aromatic nitrogens is 2. The number of thioether (sulfide) groups is 1. The maximum atomic E-state index is 4.29. The Bertz CT molecular complexity index is 1010. The summed E-state index contributed by atoms with van der Waals surface area (Å²) in [6.45, 7) is 2.08. The minimum Gasteiger partial charge on any atom is -0.330 e. The van der Waals surface area contributed by atoms with Crippen molar-refractivity contribution in [3.63, 3.8) is 0 Å². The highest BCUT2D eigenvalue weighted by Gasteiger charge is 2.07. The largest absolute Gasteiger partial charge is 0.330 e. The number of nitrogens with zero attached hydrogens (tertiary/aromatic N) is 2. The van der Waals surface area contributed by atoms with E-state index in [4.69, 9.17) is 0 Å². The monoisotopic (exact) mass is 389 g/mol. The van der Waals surface area contributed by atoms with E-state index in [-0.39, 0.29) is 0 Å². The van der Waals surface area contributed by atoms with Crippen molar-refractivity contribution < 1.29 is 0 Å². The molecule has 0 aliphatic carbocycles. The molecule has 4 rings (SSSR count). The molecule has 27 heavy (non-hydrogen) atoms. The summed E-state index contributed by atoms with van der Waals surface area (Å²) in [5, 5.41) is 12.7. The van der Waals surface area contributed by atoms with Gasteiger partial charge in [-0.15, -0.1) is 10.2 Å². The second-order valence-corrected chi connectivity index (χ2v) is 8.36. The summed E-state index contributed by atoms with van der Waals surface area (Å²) < 4.78 is 0.971. The van der Waals surface area contributed by atoms with E-state index >= 15 is 0 Å². The van der Waals surface area contributed by atoms with Crippen molar-refractivity contribution in [1.29, 1.82) is 0 Å². The van der Waals surface area contributed by atoms with E-state index in [1.54, 1.807) is 23.1 Å². The van der Waals surface area contributed by atoms with Gasteiger partial charge in [0.2, 0.25) is 5.13 Å². The van der Waals surface area contributed by atoms with E-state index in [0.29, 0.717) is 0 Å². The lowest BCUT2D eigenvalue weighted by Gasteiger charge is -2.04. The van der Waals surface area contributed by atoms with Gasteiger partial charge in [-0.2, -0.15) is 0 Å². The van der Waals surface area contributed by atoms with Gasteiger partial charge in [-0.05, 0) is 35.2 Å². The van der Waals surface area contributed by atoms with Gasteiger partial charge >= 0.3 is 0 Å². The van der Waals surface area contributed by atoms with E-state index in [9.17, 15) is 0 Å². The minimum absolute atomic E-state index is 0.825. The lowest BCUT2D eigenvalue weighted by molar-refractivity contribution is 1.01. The van der Waals surface area contributed by atoms with Crippen molar-refractivity contribution in [2.24, 2.45) is 0 Å². The van der Waals surface area contributed by atoms with Crippen LogP contribution < -0.4 is 5.32 Å². The number of benzene rings is 3. The van der Waals surface area contributed by atoms with Crippen LogP contribution in [0.3, 0.4) is 0 Å². The molecule has 3 nitrogen and oxygen atoms in total. The third-order valence-corrected chi connectivity index (χ3v) is 6.26. The van der Waals surface area contributed by atoms with E-state index in [1.165, 1.54) is 22.3 Å². The number of para-hydroxylation sites is 1. The molecule has 5 heteroatoms. The number of rotatable bonds is 6. The molecule has 4 aromatic rings. The fraction of sp³-hybridized carbons (Fsp3) is 0.0909. The van der Waals surface area contributed by atoms with Gasteiger partial charge in [0.25, 0.3) is 0 Å². The fourth-order valence-electron chi connectivity index (χ4n) is 2.72. The standard InChI is InChI=1S/C22H19N3S2/c1-16-7-5-6-10-20(16)23-21-24-25-22(27-21)26-15-17-11-13-19(14-12-17)18-8-3-2-4-9-18/h2-14H,15H2,1H3,(H,23,24). The molecule has 0 radical (unpaired) electrons. The zero-order valence-electron chi connectivity index (χ0n) is 14.9. The van der Waals surface area contributed by atoms with Gasteiger partial charge in [-0.3, -0.25) is 0 Å². The molecule has 0 aliphatic heterocycles. The molecule has 0 spiro atoms. The maximum absolute atomic E-state index is 4.29. The van der Waals surface area contributed by atoms with Crippen molar-refractivity contribution in [2.75, 3.05) is 5.32 Å². The van der Waals surface area contributed by atoms with Crippen LogP contribution in [0.15, 0.2) is 83.2 Å². The van der Waals surface area contributed by atoms with Crippen LogP contribution in [0.4, 0.5) is 10.8 Å². The molecule has 134 valence electrons. The topological polar surface area (TPSA) is 37.8 Å². The number of aryl methyl sites for hydroxylation is 1. The first-order chi connectivity index (χ1) is 13.3. The summed E-state index contributed by atoms with van der Waals surface area (Å²) in [5.41, 5.74) is 6.03. The van der Waals surface area contributed by atoms with Crippen molar-refractivity contribution in [3.8, 4) is 11.1 Å². The number of anilines is 2. The second kappa shape index (κ2) is 8.37. The van der Waals surface area contributed by atoms with Crippen LogP contribution in [0.2, 0.25) is 0 Å². The van der Waals surface area contributed by atoms with Crippen molar-refractivity contribution in [3.05, 3.63) is 90.0 Å². The number of nitrogens with one attached hydrogen (secondary N) is 1. The molecule has 0 unspecified atom stereocenters. The van der Waals surface area contributed by atoms with Crippen LogP contribution in [-0.2, 0) is 5.75 Å². The van der Waals surface area contributed by atoms with Gasteiger partial charge in [0, 0.05) is 11.4 Å². The summed E-state index contributed by atoms with van der Waals surface area (Å²) in [6, 6.07) is 27.3. The summed E-state index contributed by atoms with van der Waals surface area (Å²) in [6.07, 6.45) is 0. The second-order valence-electron chi connectivity index (χ2n) is 6.16. The van der Waals surface area contributed by atoms with Gasteiger partial charge in [-0.25, -0.2) is 0 Å². The molecular formula is C22H19N3S2. The van der Waals surface area contributed by atoms with E-state index in [0.717, 1.165) is 20.9 Å². The predicted molar refractivity (Wildman–Crippen MR) is 116 cm³/mol. The lowest BCUT2D eigenvalue weighted by Crippen LogP contribution is -1.91. The molecule has 1 N–H and O–H groups in total. The van der Waals surface area contributed by atoms with Gasteiger partial charge < -0.3 is 5.32 Å². The highest BCUT2D eigenvalue weighted by Crippen LogP contribution is 2.31. The Hall–Kier alpha value is -2.63. The predicted octanol–water partition coefficient (Wildman–Crippen LogP) is 6.55. The minimum atomic E-state index is 0.825. The molecule has 0 fully saturated rings. The third kappa shape index (κ3) is 4.56. The fourth-order valence-corrected chi connectivity index (χ4v) is 4.44. The smallest absolute Gasteiger partial charge is 0.210 e. The Labute approximate surface area is 167 Å². The zero-order valence-corrected chi connectivity index (χ0v) is 16.6. The number of hydrogen-bond donors (Lipinski definition) is 1.